The lowest BCUT2D eigenvalue weighted by atomic mass is 9.75. The third-order valence-corrected chi connectivity index (χ3v) is 7.84. The first-order chi connectivity index (χ1) is 14.9. The first-order valence-corrected chi connectivity index (χ1v) is 11.1. The van der Waals surface area contributed by atoms with Crippen molar-refractivity contribution in [1.29, 1.82) is 0 Å². The van der Waals surface area contributed by atoms with Gasteiger partial charge in [-0.15, -0.1) is 0 Å². The molecule has 158 valence electrons. The highest BCUT2D eigenvalue weighted by atomic mass is 35.5. The lowest BCUT2D eigenvalue weighted by Crippen LogP contribution is -2.54. The van der Waals surface area contributed by atoms with Crippen molar-refractivity contribution in [2.24, 2.45) is 11.8 Å². The number of nitrogens with one attached hydrogen (secondary N) is 1. The summed E-state index contributed by atoms with van der Waals surface area (Å²) in [6.07, 6.45) is 1.66. The summed E-state index contributed by atoms with van der Waals surface area (Å²) in [4.78, 5) is 44.4. The van der Waals surface area contributed by atoms with E-state index >= 15 is 0 Å². The molecule has 3 amide bonds. The summed E-state index contributed by atoms with van der Waals surface area (Å²) >= 11 is 12.4. The van der Waals surface area contributed by atoms with Gasteiger partial charge in [0.25, 0.3) is 0 Å². The Hall–Kier alpha value is -2.41. The summed E-state index contributed by atoms with van der Waals surface area (Å²) in [6.45, 7) is 2.65. The van der Waals surface area contributed by atoms with Crippen LogP contribution >= 0.6 is 23.2 Å². The van der Waals surface area contributed by atoms with E-state index in [0.29, 0.717) is 22.9 Å². The van der Waals surface area contributed by atoms with E-state index in [2.05, 4.69) is 10.2 Å². The molecule has 0 saturated carbocycles. The lowest BCUT2D eigenvalue weighted by molar-refractivity contribution is -0.135. The molecule has 2 aromatic carbocycles. The highest BCUT2D eigenvalue weighted by Crippen LogP contribution is 2.61. The van der Waals surface area contributed by atoms with Gasteiger partial charge in [0.15, 0.2) is 0 Å². The highest BCUT2D eigenvalue weighted by molar-refractivity contribution is 6.38. The van der Waals surface area contributed by atoms with Crippen LogP contribution in [0.5, 0.6) is 0 Å². The normalized spacial score (nSPS) is 31.4. The molecule has 0 aliphatic carbocycles. The van der Waals surface area contributed by atoms with Crippen LogP contribution in [0.4, 0.5) is 11.4 Å². The first-order valence-electron chi connectivity index (χ1n) is 10.4. The number of halogens is 2. The smallest absolute Gasteiger partial charge is 0.250 e. The molecular weight excluding hydrogens is 437 g/mol. The minimum Gasteiger partial charge on any atom is -0.324 e. The number of hydrogen-bond donors (Lipinski definition) is 1. The number of imide groups is 1. The summed E-state index contributed by atoms with van der Waals surface area (Å²) in [5, 5.41) is 3.64. The van der Waals surface area contributed by atoms with Gasteiger partial charge in [0.1, 0.15) is 5.54 Å². The quantitative estimate of drug-likeness (QED) is 0.665. The summed E-state index contributed by atoms with van der Waals surface area (Å²) in [7, 11) is 0. The molecule has 6 rings (SSSR count). The molecule has 6 nitrogen and oxygen atoms in total. The average molecular weight is 456 g/mol. The number of rotatable bonds is 1. The monoisotopic (exact) mass is 455 g/mol. The van der Waals surface area contributed by atoms with E-state index in [4.69, 9.17) is 23.2 Å². The van der Waals surface area contributed by atoms with Crippen LogP contribution in [-0.2, 0) is 19.9 Å². The Morgan fingerprint density at radius 3 is 2.65 bits per heavy atom. The predicted molar refractivity (Wildman–Crippen MR) is 117 cm³/mol. The molecule has 4 atom stereocenters. The van der Waals surface area contributed by atoms with Crippen LogP contribution in [0.2, 0.25) is 10.0 Å². The number of amides is 3. The maximum atomic E-state index is 13.9. The van der Waals surface area contributed by atoms with Gasteiger partial charge in [-0.1, -0.05) is 40.9 Å². The van der Waals surface area contributed by atoms with Crippen molar-refractivity contribution in [3.63, 3.8) is 0 Å². The van der Waals surface area contributed by atoms with Gasteiger partial charge in [0.05, 0.1) is 22.5 Å². The molecule has 0 unspecified atom stereocenters. The molecule has 3 saturated heterocycles. The van der Waals surface area contributed by atoms with Gasteiger partial charge in [-0.05, 0) is 50.6 Å². The minimum atomic E-state index is -1.17. The Morgan fingerprint density at radius 1 is 1.06 bits per heavy atom. The third-order valence-electron chi connectivity index (χ3n) is 7.30. The van der Waals surface area contributed by atoms with Gasteiger partial charge in [-0.3, -0.25) is 19.3 Å². The maximum Gasteiger partial charge on any atom is 0.250 e. The number of benzene rings is 2. The van der Waals surface area contributed by atoms with Crippen LogP contribution < -0.4 is 10.2 Å². The average Bonchev–Trinajstić information content (AvgIpc) is 3.42. The Labute approximate surface area is 189 Å². The molecule has 0 radical (unpaired) electrons. The van der Waals surface area contributed by atoms with E-state index in [1.54, 1.807) is 12.1 Å². The van der Waals surface area contributed by atoms with Crippen molar-refractivity contribution in [2.75, 3.05) is 16.8 Å². The second kappa shape index (κ2) is 6.31. The number of anilines is 2. The molecule has 0 aromatic heterocycles. The number of aryl methyl sites for hydroxylation is 1. The van der Waals surface area contributed by atoms with Crippen LogP contribution in [0, 0.1) is 18.8 Å². The Kier molecular flexibility index (Phi) is 3.93. The first kappa shape index (κ1) is 19.3. The fraction of sp³-hybridized carbons (Fsp3) is 0.348. The van der Waals surface area contributed by atoms with Gasteiger partial charge in [-0.2, -0.15) is 0 Å². The molecule has 31 heavy (non-hydrogen) atoms. The van der Waals surface area contributed by atoms with Crippen LogP contribution in [-0.4, -0.2) is 35.2 Å². The summed E-state index contributed by atoms with van der Waals surface area (Å²) in [6, 6.07) is 10.4. The summed E-state index contributed by atoms with van der Waals surface area (Å²) < 4.78 is 0. The van der Waals surface area contributed by atoms with Gasteiger partial charge in [0, 0.05) is 22.3 Å². The highest BCUT2D eigenvalue weighted by Gasteiger charge is 2.74. The Morgan fingerprint density at radius 2 is 1.87 bits per heavy atom. The zero-order chi connectivity index (χ0) is 21.7. The van der Waals surface area contributed by atoms with E-state index in [1.165, 1.54) is 11.0 Å². The van der Waals surface area contributed by atoms with E-state index in [0.717, 1.165) is 24.0 Å². The zero-order valence-electron chi connectivity index (χ0n) is 16.7. The van der Waals surface area contributed by atoms with Gasteiger partial charge in [-0.25, -0.2) is 4.90 Å². The van der Waals surface area contributed by atoms with Crippen LogP contribution in [0.3, 0.4) is 0 Å². The number of hydrogen-bond acceptors (Lipinski definition) is 4. The Bertz CT molecular complexity index is 1200. The van der Waals surface area contributed by atoms with E-state index in [9.17, 15) is 14.4 Å². The topological polar surface area (TPSA) is 69.7 Å². The minimum absolute atomic E-state index is 0.158. The van der Waals surface area contributed by atoms with Gasteiger partial charge < -0.3 is 5.32 Å². The zero-order valence-corrected chi connectivity index (χ0v) is 18.2. The standard InChI is InChI=1S/C23H19Cl2N3O3/c1-11-4-6-15-13(9-11)23(22(31)26-15)19-18(17-3-2-8-27(17)23)20(29)28(21(19)30)16-7-5-12(24)10-14(16)25/h4-7,9-10,17-19H,2-3,8H2,1H3,(H,26,31)/t17-,18-,19+,23-/m1/s1. The molecule has 8 heteroatoms. The van der Waals surface area contributed by atoms with Crippen molar-refractivity contribution in [2.45, 2.75) is 31.3 Å². The van der Waals surface area contributed by atoms with Gasteiger partial charge >= 0.3 is 0 Å². The lowest BCUT2D eigenvalue weighted by Gasteiger charge is -2.36. The largest absolute Gasteiger partial charge is 0.324 e. The summed E-state index contributed by atoms with van der Waals surface area (Å²) in [5.74, 6) is -2.27. The van der Waals surface area contributed by atoms with Crippen molar-refractivity contribution in [3.8, 4) is 0 Å². The molecule has 4 aliphatic heterocycles. The van der Waals surface area contributed by atoms with Crippen molar-refractivity contribution in [1.82, 2.24) is 4.90 Å². The van der Waals surface area contributed by atoms with E-state index in [-0.39, 0.29) is 28.8 Å². The molecule has 2 aromatic rings. The molecule has 3 fully saturated rings. The summed E-state index contributed by atoms with van der Waals surface area (Å²) in [5.41, 5.74) is 1.65. The third kappa shape index (κ3) is 2.25. The number of carbonyl (C=O) groups is 3. The molecular formula is C23H19Cl2N3O3. The molecule has 1 N–H and O–H groups in total. The van der Waals surface area contributed by atoms with E-state index < -0.39 is 17.4 Å². The van der Waals surface area contributed by atoms with Crippen molar-refractivity contribution >= 4 is 52.3 Å². The maximum absolute atomic E-state index is 13.9. The van der Waals surface area contributed by atoms with Crippen LogP contribution in [0.1, 0.15) is 24.0 Å². The fourth-order valence-electron chi connectivity index (χ4n) is 6.22. The number of fused-ring (bicyclic) bond motifs is 7. The second-order valence-corrected chi connectivity index (χ2v) is 9.63. The van der Waals surface area contributed by atoms with Gasteiger partial charge in [0.2, 0.25) is 17.7 Å². The Balaban J connectivity index is 1.57. The second-order valence-electron chi connectivity index (χ2n) is 8.78. The SMILES string of the molecule is Cc1ccc2c(c1)[C@]1(C(=O)N2)[C@@H]2C(=O)N(c3ccc(Cl)cc3Cl)C(=O)[C@@H]2[C@H]2CCCN21. The van der Waals surface area contributed by atoms with Crippen LogP contribution in [0.15, 0.2) is 36.4 Å². The molecule has 4 heterocycles. The van der Waals surface area contributed by atoms with Crippen molar-refractivity contribution < 1.29 is 14.4 Å². The van der Waals surface area contributed by atoms with E-state index in [1.807, 2.05) is 25.1 Å². The fourth-order valence-corrected chi connectivity index (χ4v) is 6.71. The molecule has 4 aliphatic rings. The molecule has 1 spiro atoms. The number of carbonyl (C=O) groups excluding carboxylic acids is 3. The molecule has 0 bridgehead atoms. The predicted octanol–water partition coefficient (Wildman–Crippen LogP) is 3.73. The van der Waals surface area contributed by atoms with Crippen LogP contribution in [0.25, 0.3) is 0 Å². The number of nitrogens with zero attached hydrogens (tertiary/aromatic N) is 2. The van der Waals surface area contributed by atoms with Crippen molar-refractivity contribution in [3.05, 3.63) is 57.6 Å².